The molecule has 0 aromatic heterocycles. The number of benzene rings is 2. The molecule has 2 aromatic carbocycles. The van der Waals surface area contributed by atoms with E-state index in [1.807, 2.05) is 42.5 Å². The first kappa shape index (κ1) is 17.5. The average Bonchev–Trinajstić information content (AvgIpc) is 2.66. The first-order valence-corrected chi connectivity index (χ1v) is 8.37. The molecule has 0 spiro atoms. The molecule has 0 bridgehead atoms. The van der Waals surface area contributed by atoms with Gasteiger partial charge in [-0.1, -0.05) is 42.5 Å². The van der Waals surface area contributed by atoms with E-state index in [-0.39, 0.29) is 19.0 Å². The molecule has 8 nitrogen and oxygen atoms in total. The van der Waals surface area contributed by atoms with Gasteiger partial charge in [-0.2, -0.15) is 0 Å². The van der Waals surface area contributed by atoms with Crippen LogP contribution in [0.4, 0.5) is 9.59 Å². The molecule has 3 amide bonds. The van der Waals surface area contributed by atoms with Crippen molar-refractivity contribution in [3.8, 4) is 0 Å². The average molecular weight is 355 g/mol. The van der Waals surface area contributed by atoms with Gasteiger partial charge >= 0.3 is 12.1 Å². The molecule has 0 radical (unpaired) electrons. The molecule has 8 heteroatoms. The van der Waals surface area contributed by atoms with Crippen molar-refractivity contribution in [3.05, 3.63) is 48.0 Å². The number of guanidine groups is 1. The number of piperazine rings is 1. The van der Waals surface area contributed by atoms with Gasteiger partial charge in [0.2, 0.25) is 0 Å². The summed E-state index contributed by atoms with van der Waals surface area (Å²) in [6, 6.07) is 13.6. The van der Waals surface area contributed by atoms with E-state index in [0.717, 1.165) is 16.3 Å². The van der Waals surface area contributed by atoms with Gasteiger partial charge in [-0.05, 0) is 16.3 Å². The third-order valence-electron chi connectivity index (χ3n) is 4.40. The highest BCUT2D eigenvalue weighted by Gasteiger charge is 2.24. The lowest BCUT2D eigenvalue weighted by Crippen LogP contribution is -2.55. The fraction of sp³-hybridized carbons (Fsp3) is 0.278. The van der Waals surface area contributed by atoms with E-state index >= 15 is 0 Å². The van der Waals surface area contributed by atoms with Crippen molar-refractivity contribution in [1.82, 2.24) is 20.4 Å². The second-order valence-electron chi connectivity index (χ2n) is 6.05. The van der Waals surface area contributed by atoms with Crippen LogP contribution >= 0.6 is 0 Å². The van der Waals surface area contributed by atoms with E-state index in [1.54, 1.807) is 0 Å². The van der Waals surface area contributed by atoms with Gasteiger partial charge in [0.1, 0.15) is 0 Å². The van der Waals surface area contributed by atoms with Crippen molar-refractivity contribution in [3.63, 3.8) is 0 Å². The quantitative estimate of drug-likeness (QED) is 0.487. The smallest absolute Gasteiger partial charge is 0.407 e. The number of amides is 3. The van der Waals surface area contributed by atoms with Crippen LogP contribution in [0.1, 0.15) is 5.56 Å². The molecule has 0 atom stereocenters. The zero-order valence-corrected chi connectivity index (χ0v) is 14.2. The van der Waals surface area contributed by atoms with Crippen LogP contribution in [-0.2, 0) is 6.54 Å². The van der Waals surface area contributed by atoms with Gasteiger partial charge in [0.15, 0.2) is 5.96 Å². The summed E-state index contributed by atoms with van der Waals surface area (Å²) >= 11 is 0. The molecule has 26 heavy (non-hydrogen) atoms. The van der Waals surface area contributed by atoms with Crippen molar-refractivity contribution in [2.24, 2.45) is 0 Å². The Labute approximate surface area is 150 Å². The van der Waals surface area contributed by atoms with Gasteiger partial charge in [-0.15, -0.1) is 0 Å². The Bertz CT molecular complexity index is 825. The maximum Gasteiger partial charge on any atom is 0.407 e. The topological polar surface area (TPSA) is 109 Å². The van der Waals surface area contributed by atoms with E-state index in [2.05, 4.69) is 10.6 Å². The first-order valence-electron chi connectivity index (χ1n) is 8.37. The third-order valence-corrected chi connectivity index (χ3v) is 4.40. The lowest BCUT2D eigenvalue weighted by molar-refractivity contribution is 0.113. The summed E-state index contributed by atoms with van der Waals surface area (Å²) in [5, 5.41) is 24.5. The molecule has 1 fully saturated rings. The number of carboxylic acid groups (broad SMARTS) is 1. The molecule has 136 valence electrons. The monoisotopic (exact) mass is 355 g/mol. The number of nitrogens with zero attached hydrogens (tertiary/aromatic N) is 2. The van der Waals surface area contributed by atoms with Crippen LogP contribution in [0.3, 0.4) is 0 Å². The van der Waals surface area contributed by atoms with Crippen LogP contribution in [0.15, 0.2) is 42.5 Å². The standard InChI is InChI=1S/C18H21N5O3/c19-16(21-17(24)22-8-10-23(11-9-22)18(25)26)20-12-14-6-3-5-13-4-1-2-7-15(13)14/h1-7H,8-12H2,(H,25,26)(H3,19,20,21,24). The lowest BCUT2D eigenvalue weighted by Gasteiger charge is -2.33. The molecule has 3 rings (SSSR count). The summed E-state index contributed by atoms with van der Waals surface area (Å²) < 4.78 is 0. The van der Waals surface area contributed by atoms with Crippen LogP contribution < -0.4 is 10.6 Å². The highest BCUT2D eigenvalue weighted by molar-refractivity contribution is 5.95. The van der Waals surface area contributed by atoms with Gasteiger partial charge in [-0.3, -0.25) is 10.7 Å². The number of nitrogens with one attached hydrogen (secondary N) is 3. The summed E-state index contributed by atoms with van der Waals surface area (Å²) in [4.78, 5) is 25.8. The summed E-state index contributed by atoms with van der Waals surface area (Å²) in [6.07, 6.45) is -0.977. The summed E-state index contributed by atoms with van der Waals surface area (Å²) in [7, 11) is 0. The van der Waals surface area contributed by atoms with Crippen molar-refractivity contribution in [1.29, 1.82) is 5.41 Å². The van der Waals surface area contributed by atoms with Crippen LogP contribution in [-0.4, -0.2) is 59.2 Å². The second kappa shape index (κ2) is 7.73. The van der Waals surface area contributed by atoms with Gasteiger partial charge in [0, 0.05) is 32.7 Å². The molecular formula is C18H21N5O3. The molecule has 1 aliphatic heterocycles. The number of urea groups is 1. The Balaban J connectivity index is 1.51. The minimum Gasteiger partial charge on any atom is -0.465 e. The van der Waals surface area contributed by atoms with E-state index < -0.39 is 12.1 Å². The minimum atomic E-state index is -0.977. The third kappa shape index (κ3) is 4.02. The Morgan fingerprint density at radius 2 is 1.65 bits per heavy atom. The van der Waals surface area contributed by atoms with Crippen LogP contribution in [0.2, 0.25) is 0 Å². The van der Waals surface area contributed by atoms with Crippen LogP contribution in [0.25, 0.3) is 10.8 Å². The van der Waals surface area contributed by atoms with Crippen LogP contribution in [0.5, 0.6) is 0 Å². The summed E-state index contributed by atoms with van der Waals surface area (Å²) in [5.74, 6) is -0.0800. The fourth-order valence-electron chi connectivity index (χ4n) is 2.96. The van der Waals surface area contributed by atoms with Crippen molar-refractivity contribution in [2.75, 3.05) is 26.2 Å². The van der Waals surface area contributed by atoms with Crippen molar-refractivity contribution < 1.29 is 14.7 Å². The zero-order chi connectivity index (χ0) is 18.5. The minimum absolute atomic E-state index is 0.0800. The number of carbonyl (C=O) groups excluding carboxylic acids is 1. The Hall–Kier alpha value is -3.29. The van der Waals surface area contributed by atoms with Gasteiger partial charge in [0.25, 0.3) is 0 Å². The van der Waals surface area contributed by atoms with E-state index in [1.165, 1.54) is 9.80 Å². The molecule has 0 aliphatic carbocycles. The number of hydrogen-bond acceptors (Lipinski definition) is 3. The Morgan fingerprint density at radius 3 is 2.38 bits per heavy atom. The SMILES string of the molecule is N=C(NCc1cccc2ccccc12)NC(=O)N1CCN(C(=O)O)CC1. The molecule has 1 saturated heterocycles. The number of rotatable bonds is 2. The zero-order valence-electron chi connectivity index (χ0n) is 14.2. The van der Waals surface area contributed by atoms with Crippen molar-refractivity contribution in [2.45, 2.75) is 6.54 Å². The first-order chi connectivity index (χ1) is 12.5. The molecule has 0 saturated carbocycles. The maximum atomic E-state index is 12.2. The molecule has 2 aromatic rings. The van der Waals surface area contributed by atoms with E-state index in [9.17, 15) is 9.59 Å². The number of fused-ring (bicyclic) bond motifs is 1. The Kier molecular flexibility index (Phi) is 5.21. The lowest BCUT2D eigenvalue weighted by atomic mass is 10.0. The van der Waals surface area contributed by atoms with Crippen LogP contribution in [0, 0.1) is 5.41 Å². The highest BCUT2D eigenvalue weighted by Crippen LogP contribution is 2.18. The number of carbonyl (C=O) groups is 2. The Morgan fingerprint density at radius 1 is 1.00 bits per heavy atom. The van der Waals surface area contributed by atoms with Gasteiger partial charge in [0.05, 0.1) is 0 Å². The summed E-state index contributed by atoms with van der Waals surface area (Å²) in [5.41, 5.74) is 1.04. The highest BCUT2D eigenvalue weighted by atomic mass is 16.4. The van der Waals surface area contributed by atoms with E-state index in [0.29, 0.717) is 19.6 Å². The largest absolute Gasteiger partial charge is 0.465 e. The molecule has 1 aliphatic rings. The predicted molar refractivity (Wildman–Crippen MR) is 98.2 cm³/mol. The molecule has 0 unspecified atom stereocenters. The number of hydrogen-bond donors (Lipinski definition) is 4. The summed E-state index contributed by atoms with van der Waals surface area (Å²) in [6.45, 7) is 1.61. The maximum absolute atomic E-state index is 12.2. The molecular weight excluding hydrogens is 334 g/mol. The molecule has 1 heterocycles. The fourth-order valence-corrected chi connectivity index (χ4v) is 2.96. The second-order valence-corrected chi connectivity index (χ2v) is 6.05. The van der Waals surface area contributed by atoms with E-state index in [4.69, 9.17) is 10.5 Å². The normalized spacial score (nSPS) is 14.2. The molecule has 4 N–H and O–H groups in total. The van der Waals surface area contributed by atoms with Crippen molar-refractivity contribution >= 4 is 28.9 Å². The predicted octanol–water partition coefficient (Wildman–Crippen LogP) is 1.87. The van der Waals surface area contributed by atoms with Gasteiger partial charge < -0.3 is 20.2 Å². The van der Waals surface area contributed by atoms with Gasteiger partial charge in [-0.25, -0.2) is 9.59 Å².